The fourth-order valence-electron chi connectivity index (χ4n) is 5.59. The lowest BCUT2D eigenvalue weighted by Crippen LogP contribution is -2.50. The van der Waals surface area contributed by atoms with Crippen LogP contribution in [0, 0.1) is 23.7 Å². The van der Waals surface area contributed by atoms with Crippen molar-refractivity contribution in [3.8, 4) is 0 Å². The number of rotatable bonds is 3. The van der Waals surface area contributed by atoms with E-state index in [2.05, 4.69) is 25.3 Å². The Morgan fingerprint density at radius 1 is 1.21 bits per heavy atom. The molecule has 0 amide bonds. The molecule has 0 spiro atoms. The van der Waals surface area contributed by atoms with Crippen molar-refractivity contribution < 1.29 is 28.8 Å². The van der Waals surface area contributed by atoms with Gasteiger partial charge < -0.3 is 24.1 Å². The van der Waals surface area contributed by atoms with Crippen molar-refractivity contribution in [3.63, 3.8) is 0 Å². The van der Waals surface area contributed by atoms with Gasteiger partial charge >= 0.3 is 5.97 Å². The highest BCUT2D eigenvalue weighted by Crippen LogP contribution is 2.33. The van der Waals surface area contributed by atoms with Gasteiger partial charge in [-0.05, 0) is 50.0 Å². The molecular formula is C26H45NO6S. The largest absolute Gasteiger partial charge is 0.464 e. The van der Waals surface area contributed by atoms with Gasteiger partial charge in [0.2, 0.25) is 0 Å². The lowest BCUT2D eigenvalue weighted by atomic mass is 9.83. The number of hydrogen-bond donors (Lipinski definition) is 2. The summed E-state index contributed by atoms with van der Waals surface area (Å²) in [5, 5.41) is 10.0. The van der Waals surface area contributed by atoms with Crippen LogP contribution in [0.5, 0.6) is 0 Å². The number of ether oxygens (including phenoxy) is 4. The van der Waals surface area contributed by atoms with Gasteiger partial charge in [0.25, 0.3) is 0 Å². The molecule has 0 aromatic heterocycles. The summed E-state index contributed by atoms with van der Waals surface area (Å²) < 4.78 is 24.2. The van der Waals surface area contributed by atoms with Gasteiger partial charge in [-0.2, -0.15) is 12.6 Å². The van der Waals surface area contributed by atoms with Crippen LogP contribution in [0.2, 0.25) is 0 Å². The van der Waals surface area contributed by atoms with E-state index in [-0.39, 0.29) is 48.1 Å². The molecule has 3 heterocycles. The van der Waals surface area contributed by atoms with Gasteiger partial charge in [-0.3, -0.25) is 9.69 Å². The van der Waals surface area contributed by atoms with Crippen molar-refractivity contribution >= 4 is 18.6 Å². The van der Waals surface area contributed by atoms with E-state index in [1.165, 1.54) is 0 Å². The predicted molar refractivity (Wildman–Crippen MR) is 135 cm³/mol. The topological polar surface area (TPSA) is 77.5 Å². The summed E-state index contributed by atoms with van der Waals surface area (Å²) >= 11 is 4.74. The van der Waals surface area contributed by atoms with Crippen LogP contribution in [0.4, 0.5) is 0 Å². The fourth-order valence-corrected chi connectivity index (χ4v) is 5.94. The second-order valence-corrected chi connectivity index (χ2v) is 11.4. The number of esters is 1. The molecule has 3 saturated heterocycles. The molecule has 7 nitrogen and oxygen atoms in total. The number of aliphatic hydroxyl groups excluding tert-OH is 1. The quantitative estimate of drug-likeness (QED) is 0.349. The third-order valence-corrected chi connectivity index (χ3v) is 8.21. The number of fused-ring (bicyclic) bond motifs is 1. The minimum atomic E-state index is -0.506. The van der Waals surface area contributed by atoms with Gasteiger partial charge in [-0.1, -0.05) is 33.8 Å². The van der Waals surface area contributed by atoms with Gasteiger partial charge in [0.05, 0.1) is 36.1 Å². The second-order valence-electron chi connectivity index (χ2n) is 10.8. The second kappa shape index (κ2) is 12.5. The molecule has 0 aromatic carbocycles. The molecular weight excluding hydrogens is 454 g/mol. The van der Waals surface area contributed by atoms with E-state index in [1.807, 2.05) is 20.8 Å². The summed E-state index contributed by atoms with van der Waals surface area (Å²) in [7, 11) is 0. The van der Waals surface area contributed by atoms with E-state index in [9.17, 15) is 9.90 Å². The fraction of sp³-hybridized carbons (Fsp3) is 0.885. The summed E-state index contributed by atoms with van der Waals surface area (Å²) in [6, 6.07) is 0. The van der Waals surface area contributed by atoms with E-state index < -0.39 is 18.3 Å². The van der Waals surface area contributed by atoms with Crippen LogP contribution >= 0.6 is 12.6 Å². The lowest BCUT2D eigenvalue weighted by Gasteiger charge is -2.40. The molecule has 0 aromatic rings. The Balaban J connectivity index is 1.78. The zero-order valence-corrected chi connectivity index (χ0v) is 22.4. The summed E-state index contributed by atoms with van der Waals surface area (Å²) in [5.41, 5.74) is 1.06. The van der Waals surface area contributed by atoms with E-state index in [0.717, 1.165) is 37.9 Å². The molecule has 3 aliphatic rings. The first-order chi connectivity index (χ1) is 16.1. The molecule has 6 unspecified atom stereocenters. The van der Waals surface area contributed by atoms with Gasteiger partial charge in [0.1, 0.15) is 12.8 Å². The van der Waals surface area contributed by atoms with Gasteiger partial charge in [-0.15, -0.1) is 0 Å². The number of carbonyl (C=O) groups is 1. The molecule has 3 rings (SSSR count). The molecule has 10 atom stereocenters. The van der Waals surface area contributed by atoms with Crippen LogP contribution in [-0.2, 0) is 23.7 Å². The first-order valence-electron chi connectivity index (χ1n) is 13.0. The minimum absolute atomic E-state index is 0.0709. The van der Waals surface area contributed by atoms with Gasteiger partial charge in [-0.25, -0.2) is 0 Å². The molecule has 34 heavy (non-hydrogen) atoms. The standard InChI is InChI=1S/C26H45NO6S/c1-7-20-8-9-27-12-15(2)13-30-25(27)21(34)14-31-26(29)18(5)24(17(4)10-20)33-22-11-16(3)23(28)19(6)32-22/h16-25,28,34H,2,7-14H2,1,3-6H3/t16?,17-,18?,19?,20?,21?,22+,23-,24+,25?/m1/s1. The molecule has 0 aliphatic carbocycles. The highest BCUT2D eigenvalue weighted by Gasteiger charge is 2.40. The highest BCUT2D eigenvalue weighted by molar-refractivity contribution is 7.81. The predicted octanol–water partition coefficient (Wildman–Crippen LogP) is 3.65. The van der Waals surface area contributed by atoms with Crippen LogP contribution in [0.1, 0.15) is 60.3 Å². The Hall–Kier alpha value is -0.640. The number of cyclic esters (lactones) is 1. The van der Waals surface area contributed by atoms with Crippen LogP contribution in [0.25, 0.3) is 0 Å². The maximum absolute atomic E-state index is 13.1. The van der Waals surface area contributed by atoms with Crippen molar-refractivity contribution in [2.45, 2.75) is 96.4 Å². The average Bonchev–Trinajstić information content (AvgIpc) is 2.80. The van der Waals surface area contributed by atoms with Crippen molar-refractivity contribution in [1.82, 2.24) is 4.90 Å². The van der Waals surface area contributed by atoms with Crippen molar-refractivity contribution in [3.05, 3.63) is 12.2 Å². The minimum Gasteiger partial charge on any atom is -0.464 e. The number of nitrogens with zero attached hydrogens (tertiary/aromatic N) is 1. The molecule has 3 fully saturated rings. The number of thiol groups is 1. The molecule has 3 aliphatic heterocycles. The monoisotopic (exact) mass is 499 g/mol. The Morgan fingerprint density at radius 3 is 2.62 bits per heavy atom. The normalized spacial score (nSPS) is 43.7. The Labute approximate surface area is 210 Å². The average molecular weight is 500 g/mol. The zero-order chi connectivity index (χ0) is 25.0. The first-order valence-corrected chi connectivity index (χ1v) is 13.5. The molecule has 0 radical (unpaired) electrons. The number of hydrogen-bond acceptors (Lipinski definition) is 8. The zero-order valence-electron chi connectivity index (χ0n) is 21.5. The van der Waals surface area contributed by atoms with Crippen molar-refractivity contribution in [1.29, 1.82) is 0 Å². The maximum atomic E-state index is 13.1. The molecule has 0 saturated carbocycles. The van der Waals surface area contributed by atoms with Crippen LogP contribution in [0.15, 0.2) is 12.2 Å². The van der Waals surface area contributed by atoms with Crippen molar-refractivity contribution in [2.24, 2.45) is 23.7 Å². The lowest BCUT2D eigenvalue weighted by molar-refractivity contribution is -0.260. The summed E-state index contributed by atoms with van der Waals surface area (Å²) in [5.74, 6) is -0.0258. The van der Waals surface area contributed by atoms with E-state index >= 15 is 0 Å². The van der Waals surface area contributed by atoms with E-state index in [4.69, 9.17) is 31.6 Å². The SMILES string of the molecule is C=C1COC2C(S)COC(=O)C(C)[C@@H](O[C@H]3CC(C)[C@@H](O)C(C)O3)[C@H](C)CC(CC)CCN2C1. The van der Waals surface area contributed by atoms with E-state index in [0.29, 0.717) is 18.9 Å². The maximum Gasteiger partial charge on any atom is 0.311 e. The summed E-state index contributed by atoms with van der Waals surface area (Å²) in [6.07, 6.45) is 1.84. The molecule has 196 valence electrons. The van der Waals surface area contributed by atoms with E-state index in [1.54, 1.807) is 0 Å². The Morgan fingerprint density at radius 2 is 1.94 bits per heavy atom. The smallest absolute Gasteiger partial charge is 0.311 e. The van der Waals surface area contributed by atoms with Gasteiger partial charge in [0, 0.05) is 19.5 Å². The molecule has 8 heteroatoms. The first kappa shape index (κ1) is 27.9. The van der Waals surface area contributed by atoms with Crippen LogP contribution in [-0.4, -0.2) is 78.4 Å². The van der Waals surface area contributed by atoms with Crippen molar-refractivity contribution in [2.75, 3.05) is 26.3 Å². The summed E-state index contributed by atoms with van der Waals surface area (Å²) in [4.78, 5) is 15.4. The molecule has 1 N–H and O–H groups in total. The van der Waals surface area contributed by atoms with Crippen LogP contribution < -0.4 is 0 Å². The Bertz CT molecular complexity index is 680. The summed E-state index contributed by atoms with van der Waals surface area (Å²) in [6.45, 7) is 16.6. The third-order valence-electron chi connectivity index (χ3n) is 7.81. The number of aliphatic hydroxyl groups is 1. The highest BCUT2D eigenvalue weighted by atomic mass is 32.1. The number of carbonyl (C=O) groups excluding carboxylic acids is 1. The Kier molecular flexibility index (Phi) is 10.3. The van der Waals surface area contributed by atoms with Gasteiger partial charge in [0.15, 0.2) is 6.29 Å². The third kappa shape index (κ3) is 6.98. The van der Waals surface area contributed by atoms with Crippen LogP contribution in [0.3, 0.4) is 0 Å². The molecule has 0 bridgehead atoms.